The summed E-state index contributed by atoms with van der Waals surface area (Å²) in [5, 5.41) is 26.5. The number of hydrogen-bond acceptors (Lipinski definition) is 5. The topological polar surface area (TPSA) is 90.8 Å². The molecule has 0 spiro atoms. The highest BCUT2D eigenvalue weighted by atomic mass is 28.4. The predicted molar refractivity (Wildman–Crippen MR) is 152 cm³/mol. The molecule has 2 aromatic carbocycles. The van der Waals surface area contributed by atoms with Crippen LogP contribution in [0.4, 0.5) is 0 Å². The first-order valence-corrected chi connectivity index (χ1v) is 16.5. The molecule has 2 aromatic rings. The number of aromatic hydroxyl groups is 1. The van der Waals surface area contributed by atoms with Crippen molar-refractivity contribution in [2.24, 2.45) is 5.92 Å². The number of carbonyl (C=O) groups is 1. The van der Waals surface area contributed by atoms with E-state index < -0.39 is 8.32 Å². The van der Waals surface area contributed by atoms with Crippen LogP contribution in [0, 0.1) is 5.92 Å². The SMILES string of the molecule is C[C@H](Cc1cccc(CC(=O)NCC2CC2)c1)NC[C@H](O[Si](C)(C)C(C)(C)C)c1ccc(O)c(CO)c1. The number of aliphatic hydroxyl groups is 1. The van der Waals surface area contributed by atoms with Crippen LogP contribution in [0.2, 0.25) is 18.1 Å². The monoisotopic (exact) mass is 526 g/mol. The Morgan fingerprint density at radius 1 is 1.14 bits per heavy atom. The van der Waals surface area contributed by atoms with Crippen molar-refractivity contribution in [3.8, 4) is 5.75 Å². The van der Waals surface area contributed by atoms with Gasteiger partial charge in [-0.1, -0.05) is 51.1 Å². The van der Waals surface area contributed by atoms with Crippen LogP contribution in [0.3, 0.4) is 0 Å². The molecule has 37 heavy (non-hydrogen) atoms. The smallest absolute Gasteiger partial charge is 0.224 e. The van der Waals surface area contributed by atoms with Crippen LogP contribution >= 0.6 is 0 Å². The van der Waals surface area contributed by atoms with E-state index in [9.17, 15) is 15.0 Å². The van der Waals surface area contributed by atoms with Gasteiger partial charge in [0.05, 0.1) is 19.1 Å². The summed E-state index contributed by atoms with van der Waals surface area (Å²) >= 11 is 0. The molecule has 0 bridgehead atoms. The summed E-state index contributed by atoms with van der Waals surface area (Å²) in [6.07, 6.45) is 3.52. The average Bonchev–Trinajstić information content (AvgIpc) is 3.65. The Labute approximate surface area is 224 Å². The zero-order valence-corrected chi connectivity index (χ0v) is 24.4. The Hall–Kier alpha value is -2.19. The molecule has 7 heteroatoms. The van der Waals surface area contributed by atoms with Crippen molar-refractivity contribution in [3.05, 3.63) is 64.7 Å². The number of carbonyl (C=O) groups excluding carboxylic acids is 1. The quantitative estimate of drug-likeness (QED) is 0.268. The van der Waals surface area contributed by atoms with E-state index in [1.165, 1.54) is 18.4 Å². The maximum atomic E-state index is 12.3. The van der Waals surface area contributed by atoms with Crippen molar-refractivity contribution in [2.75, 3.05) is 13.1 Å². The van der Waals surface area contributed by atoms with Gasteiger partial charge in [-0.15, -0.1) is 0 Å². The standard InChI is InChI=1S/C30H46N2O4Si/c1-21(14-23-8-7-9-24(15-23)16-29(35)32-18-22-10-11-22)31-19-28(36-37(5,6)30(2,3)4)25-12-13-27(34)26(17-25)20-33/h7-9,12-13,15,17,21-22,28,31,33-34H,10-11,14,16,18-20H2,1-6H3,(H,32,35)/t21-,28+/m1/s1. The second kappa shape index (κ2) is 12.6. The minimum absolute atomic E-state index is 0.0545. The lowest BCUT2D eigenvalue weighted by molar-refractivity contribution is -0.120. The second-order valence-corrected chi connectivity index (χ2v) is 16.9. The summed E-state index contributed by atoms with van der Waals surface area (Å²) in [6.45, 7) is 14.5. The molecule has 0 heterocycles. The number of hydrogen-bond donors (Lipinski definition) is 4. The molecule has 0 radical (unpaired) electrons. The van der Waals surface area contributed by atoms with Gasteiger partial charge in [0.25, 0.3) is 0 Å². The van der Waals surface area contributed by atoms with Gasteiger partial charge in [-0.2, -0.15) is 0 Å². The van der Waals surface area contributed by atoms with Crippen LogP contribution in [0.15, 0.2) is 42.5 Å². The van der Waals surface area contributed by atoms with E-state index in [0.717, 1.165) is 24.1 Å². The van der Waals surface area contributed by atoms with E-state index in [-0.39, 0.29) is 35.4 Å². The molecule has 1 amide bonds. The van der Waals surface area contributed by atoms with Gasteiger partial charge >= 0.3 is 0 Å². The largest absolute Gasteiger partial charge is 0.508 e. The number of rotatable bonds is 13. The van der Waals surface area contributed by atoms with Crippen LogP contribution < -0.4 is 10.6 Å². The van der Waals surface area contributed by atoms with Crippen molar-refractivity contribution < 1.29 is 19.4 Å². The first-order chi connectivity index (χ1) is 17.4. The molecule has 0 aliphatic heterocycles. The molecule has 4 N–H and O–H groups in total. The molecule has 1 aliphatic carbocycles. The third kappa shape index (κ3) is 8.95. The molecule has 0 aromatic heterocycles. The highest BCUT2D eigenvalue weighted by Gasteiger charge is 2.39. The lowest BCUT2D eigenvalue weighted by Gasteiger charge is -2.40. The van der Waals surface area contributed by atoms with Gasteiger partial charge in [-0.3, -0.25) is 4.79 Å². The third-order valence-corrected chi connectivity index (χ3v) is 12.2. The molecule has 0 saturated heterocycles. The van der Waals surface area contributed by atoms with E-state index in [4.69, 9.17) is 4.43 Å². The number of amides is 1. The minimum Gasteiger partial charge on any atom is -0.508 e. The fourth-order valence-electron chi connectivity index (χ4n) is 4.12. The number of benzene rings is 2. The molecule has 1 aliphatic rings. The van der Waals surface area contributed by atoms with Gasteiger partial charge in [0.15, 0.2) is 8.32 Å². The molecule has 2 atom stereocenters. The van der Waals surface area contributed by atoms with Crippen molar-refractivity contribution in [1.29, 1.82) is 0 Å². The van der Waals surface area contributed by atoms with Crippen molar-refractivity contribution in [2.45, 2.75) is 90.3 Å². The van der Waals surface area contributed by atoms with Gasteiger partial charge in [0.1, 0.15) is 5.75 Å². The number of phenols is 1. The highest BCUT2D eigenvalue weighted by molar-refractivity contribution is 6.74. The van der Waals surface area contributed by atoms with E-state index in [0.29, 0.717) is 24.4 Å². The molecule has 3 rings (SSSR count). The fraction of sp³-hybridized carbons (Fsp3) is 0.567. The normalized spacial score (nSPS) is 15.9. The summed E-state index contributed by atoms with van der Waals surface area (Å²) in [6, 6.07) is 13.9. The average molecular weight is 527 g/mol. The Kier molecular flexibility index (Phi) is 9.97. The molecular formula is C30H46N2O4Si. The van der Waals surface area contributed by atoms with Crippen LogP contribution in [0.5, 0.6) is 5.75 Å². The summed E-state index contributed by atoms with van der Waals surface area (Å²) in [7, 11) is -2.07. The number of aliphatic hydroxyl groups excluding tert-OH is 1. The maximum absolute atomic E-state index is 12.3. The van der Waals surface area contributed by atoms with Crippen molar-refractivity contribution in [3.63, 3.8) is 0 Å². The molecule has 204 valence electrons. The van der Waals surface area contributed by atoms with Gasteiger partial charge in [0.2, 0.25) is 5.91 Å². The first-order valence-electron chi connectivity index (χ1n) is 13.6. The van der Waals surface area contributed by atoms with E-state index in [2.05, 4.69) is 63.6 Å². The third-order valence-electron chi connectivity index (χ3n) is 7.72. The van der Waals surface area contributed by atoms with E-state index in [1.54, 1.807) is 6.07 Å². The minimum atomic E-state index is -2.07. The molecule has 6 nitrogen and oxygen atoms in total. The molecule has 1 saturated carbocycles. The maximum Gasteiger partial charge on any atom is 0.224 e. The predicted octanol–water partition coefficient (Wildman–Crippen LogP) is 5.24. The van der Waals surface area contributed by atoms with Crippen LogP contribution in [-0.4, -0.2) is 43.6 Å². The highest BCUT2D eigenvalue weighted by Crippen LogP contribution is 2.40. The molecule has 1 fully saturated rings. The molecule has 0 unspecified atom stereocenters. The Balaban J connectivity index is 1.64. The van der Waals surface area contributed by atoms with Gasteiger partial charge in [-0.25, -0.2) is 0 Å². The zero-order chi connectivity index (χ0) is 27.2. The van der Waals surface area contributed by atoms with E-state index >= 15 is 0 Å². The Morgan fingerprint density at radius 3 is 2.49 bits per heavy atom. The Bertz CT molecular complexity index is 1050. The lowest BCUT2D eigenvalue weighted by Crippen LogP contribution is -2.44. The summed E-state index contributed by atoms with van der Waals surface area (Å²) in [5.74, 6) is 0.875. The van der Waals surface area contributed by atoms with Crippen LogP contribution in [0.25, 0.3) is 0 Å². The van der Waals surface area contributed by atoms with Gasteiger partial charge < -0.3 is 25.3 Å². The van der Waals surface area contributed by atoms with Crippen LogP contribution in [0.1, 0.15) is 68.9 Å². The summed E-state index contributed by atoms with van der Waals surface area (Å²) in [4.78, 5) is 12.3. The molecular weight excluding hydrogens is 480 g/mol. The van der Waals surface area contributed by atoms with Crippen molar-refractivity contribution in [1.82, 2.24) is 10.6 Å². The zero-order valence-electron chi connectivity index (χ0n) is 23.4. The Morgan fingerprint density at radius 2 is 1.84 bits per heavy atom. The van der Waals surface area contributed by atoms with Crippen molar-refractivity contribution >= 4 is 14.2 Å². The lowest BCUT2D eigenvalue weighted by atomic mass is 10.0. The first kappa shape index (κ1) is 29.4. The fourth-order valence-corrected chi connectivity index (χ4v) is 5.41. The van der Waals surface area contributed by atoms with Gasteiger partial charge in [0, 0.05) is 24.7 Å². The second-order valence-electron chi connectivity index (χ2n) is 12.2. The number of nitrogens with one attached hydrogen (secondary N) is 2. The van der Waals surface area contributed by atoms with Gasteiger partial charge in [-0.05, 0) is 79.1 Å². The summed E-state index contributed by atoms with van der Waals surface area (Å²) in [5.41, 5.74) is 3.69. The van der Waals surface area contributed by atoms with Crippen LogP contribution in [-0.2, 0) is 28.7 Å². The van der Waals surface area contributed by atoms with E-state index in [1.807, 2.05) is 24.3 Å². The summed E-state index contributed by atoms with van der Waals surface area (Å²) < 4.78 is 6.80.